The van der Waals surface area contributed by atoms with Gasteiger partial charge in [-0.1, -0.05) is 23.7 Å². The normalized spacial score (nSPS) is 15.4. The van der Waals surface area contributed by atoms with E-state index in [0.29, 0.717) is 48.1 Å². The highest BCUT2D eigenvalue weighted by molar-refractivity contribution is 7.13. The van der Waals surface area contributed by atoms with Crippen molar-refractivity contribution in [1.82, 2.24) is 9.97 Å². The maximum absolute atomic E-state index is 15.1. The molecule has 14 heteroatoms. The van der Waals surface area contributed by atoms with E-state index in [9.17, 15) is 5.11 Å². The lowest BCUT2D eigenvalue weighted by molar-refractivity contribution is 0.0453. The number of aromatic amines is 1. The Morgan fingerprint density at radius 2 is 2.02 bits per heavy atom. The van der Waals surface area contributed by atoms with E-state index >= 15 is 4.39 Å². The number of aromatic nitrogens is 2. The van der Waals surface area contributed by atoms with Crippen molar-refractivity contribution in [2.45, 2.75) is 57.7 Å². The van der Waals surface area contributed by atoms with Crippen LogP contribution in [0.1, 0.15) is 37.3 Å². The van der Waals surface area contributed by atoms with Gasteiger partial charge in [0, 0.05) is 53.4 Å². The zero-order chi connectivity index (χ0) is 32.6. The topological polar surface area (TPSA) is 176 Å². The first-order valence-electron chi connectivity index (χ1n) is 15.0. The quantitative estimate of drug-likeness (QED) is 0.0825. The van der Waals surface area contributed by atoms with Gasteiger partial charge in [-0.3, -0.25) is 4.99 Å². The number of ether oxygens (including phenoxy) is 1. The number of guanidine groups is 1. The summed E-state index contributed by atoms with van der Waals surface area (Å²) in [5, 5.41) is 17.6. The second-order valence-electron chi connectivity index (χ2n) is 11.2. The van der Waals surface area contributed by atoms with E-state index in [-0.39, 0.29) is 23.1 Å². The van der Waals surface area contributed by atoms with Crippen molar-refractivity contribution >= 4 is 45.9 Å². The number of fused-ring (bicyclic) bond motifs is 1. The average Bonchev–Trinajstić information content (AvgIpc) is 3.69. The van der Waals surface area contributed by atoms with Gasteiger partial charge in [0.25, 0.3) is 0 Å². The summed E-state index contributed by atoms with van der Waals surface area (Å²) in [7, 11) is 0. The molecule has 0 aliphatic carbocycles. The Kier molecular flexibility index (Phi) is 11.3. The number of aliphatic hydroxyl groups excluding tert-OH is 1. The largest absolute Gasteiger partial charge is 0.372 e. The first-order valence-corrected chi connectivity index (χ1v) is 16.3. The molecule has 3 heterocycles. The molecule has 0 radical (unpaired) electrons. The number of hydrogen-bond donors (Lipinski definition) is 6. The molecule has 0 saturated heterocycles. The molecule has 0 spiro atoms. The lowest BCUT2D eigenvalue weighted by atomic mass is 10.0. The van der Waals surface area contributed by atoms with Crippen molar-refractivity contribution in [2.75, 3.05) is 23.3 Å². The maximum atomic E-state index is 15.1. The Morgan fingerprint density at radius 3 is 2.74 bits per heavy atom. The number of aliphatic hydroxyl groups is 1. The maximum Gasteiger partial charge on any atom is 0.231 e. The van der Waals surface area contributed by atoms with Crippen molar-refractivity contribution in [2.24, 2.45) is 27.2 Å². The molecule has 1 unspecified atom stereocenters. The van der Waals surface area contributed by atoms with E-state index < -0.39 is 12.2 Å². The first-order chi connectivity index (χ1) is 22.2. The fourth-order valence-electron chi connectivity index (χ4n) is 5.10. The van der Waals surface area contributed by atoms with Gasteiger partial charge >= 0.3 is 0 Å². The number of thiazole rings is 1. The minimum atomic E-state index is -1.17. The Hall–Kier alpha value is -4.01. The molecule has 46 heavy (non-hydrogen) atoms. The second-order valence-corrected chi connectivity index (χ2v) is 12.5. The van der Waals surface area contributed by atoms with Gasteiger partial charge in [0.2, 0.25) is 6.35 Å². The van der Waals surface area contributed by atoms with Gasteiger partial charge in [0.1, 0.15) is 5.49 Å². The van der Waals surface area contributed by atoms with E-state index in [0.717, 1.165) is 41.2 Å². The Morgan fingerprint density at radius 1 is 1.22 bits per heavy atom. The molecule has 1 aliphatic rings. The summed E-state index contributed by atoms with van der Waals surface area (Å²) in [5.74, 6) is -0.466. The predicted molar refractivity (Wildman–Crippen MR) is 182 cm³/mol. The van der Waals surface area contributed by atoms with Gasteiger partial charge in [0.15, 0.2) is 16.9 Å². The lowest BCUT2D eigenvalue weighted by Crippen LogP contribution is -2.41. The minimum Gasteiger partial charge on any atom is -0.372 e. The summed E-state index contributed by atoms with van der Waals surface area (Å²) in [6.07, 6.45) is 5.30. The zero-order valence-electron chi connectivity index (χ0n) is 25.5. The number of aliphatic imine (C=N–C) groups is 1. The molecule has 1 aliphatic heterocycles. The molecule has 3 atom stereocenters. The monoisotopic (exact) mass is 667 g/mol. The molecule has 2 aromatic heterocycles. The Labute approximate surface area is 275 Å². The van der Waals surface area contributed by atoms with E-state index in [1.54, 1.807) is 29.4 Å². The molecule has 5 rings (SSSR count). The molecular formula is C32H39ClFN9O2S. The fraction of sp³-hybridized carbons (Fsp3) is 0.344. The molecule has 0 saturated carbocycles. The average molecular weight is 668 g/mol. The van der Waals surface area contributed by atoms with Gasteiger partial charge in [0.05, 0.1) is 23.4 Å². The molecule has 0 bridgehead atoms. The van der Waals surface area contributed by atoms with E-state index in [2.05, 4.69) is 25.3 Å². The van der Waals surface area contributed by atoms with Gasteiger partial charge in [-0.05, 0) is 74.1 Å². The smallest absolute Gasteiger partial charge is 0.231 e. The standard InChI is InChI=1S/C32H39ClFN9O2S/c1-19(35)3-2-4-21-13-25(28(34)26(33)14-21)27-15-22-17-43(32(44)42-29(22)41-27)23-7-5-20(6-8-23)18-45-24(9-10-38-30(36)37)16-40-31-39-11-12-46-31/h5-8,11-15,17,19,24,32,44H,2-4,9-10,16,18,35H2,1H3,(H,39,40)(H,41,42)(H4,36,37,38)/t19-,24+,32?/m0/s1. The SMILES string of the molecule is C[C@H](N)CCCc1cc(Cl)c(F)c(-c2cc3c([nH]2)=NC(O)N(c2ccc(CO[C@H](CCN=C(N)N)CNc4nccs4)cc2)C=3)c1. The van der Waals surface area contributed by atoms with Crippen LogP contribution >= 0.6 is 22.9 Å². The van der Waals surface area contributed by atoms with Crippen molar-refractivity contribution < 1.29 is 14.2 Å². The van der Waals surface area contributed by atoms with Gasteiger partial charge < -0.3 is 42.2 Å². The van der Waals surface area contributed by atoms with Crippen LogP contribution in [0.3, 0.4) is 0 Å². The second kappa shape index (κ2) is 15.5. The molecule has 4 aromatic rings. The molecule has 0 fully saturated rings. The van der Waals surface area contributed by atoms with Crippen LogP contribution in [-0.2, 0) is 17.8 Å². The van der Waals surface area contributed by atoms with E-state index in [1.165, 1.54) is 11.3 Å². The molecular weight excluding hydrogens is 629 g/mol. The summed E-state index contributed by atoms with van der Waals surface area (Å²) in [4.78, 5) is 17.5. The number of nitrogens with two attached hydrogens (primary N) is 3. The van der Waals surface area contributed by atoms with Crippen LogP contribution in [0.4, 0.5) is 15.2 Å². The number of hydrogen-bond acceptors (Lipinski definition) is 9. The minimum absolute atomic E-state index is 0.0446. The molecule has 9 N–H and O–H groups in total. The summed E-state index contributed by atoms with van der Waals surface area (Å²) >= 11 is 7.78. The highest BCUT2D eigenvalue weighted by Gasteiger charge is 2.20. The molecule has 11 nitrogen and oxygen atoms in total. The zero-order valence-corrected chi connectivity index (χ0v) is 27.1. The highest BCUT2D eigenvalue weighted by atomic mass is 35.5. The van der Waals surface area contributed by atoms with Crippen molar-refractivity contribution in [1.29, 1.82) is 0 Å². The number of halogens is 2. The van der Waals surface area contributed by atoms with Gasteiger partial charge in [-0.2, -0.15) is 0 Å². The van der Waals surface area contributed by atoms with Crippen LogP contribution in [0.5, 0.6) is 0 Å². The number of H-pyrrole nitrogens is 1. The summed E-state index contributed by atoms with van der Waals surface area (Å²) in [5.41, 5.74) is 20.8. The van der Waals surface area contributed by atoms with Crippen LogP contribution in [0.2, 0.25) is 5.02 Å². The van der Waals surface area contributed by atoms with Crippen LogP contribution < -0.4 is 38.1 Å². The van der Waals surface area contributed by atoms with Crippen LogP contribution in [0.15, 0.2) is 64.0 Å². The summed E-state index contributed by atoms with van der Waals surface area (Å²) in [6.45, 7) is 3.33. The lowest BCUT2D eigenvalue weighted by Gasteiger charge is -2.25. The summed E-state index contributed by atoms with van der Waals surface area (Å²) in [6, 6.07) is 13.0. The highest BCUT2D eigenvalue weighted by Crippen LogP contribution is 2.29. The van der Waals surface area contributed by atoms with Gasteiger partial charge in [-0.25, -0.2) is 14.4 Å². The van der Waals surface area contributed by atoms with Gasteiger partial charge in [-0.15, -0.1) is 11.3 Å². The predicted octanol–water partition coefficient (Wildman–Crippen LogP) is 3.42. The number of rotatable bonds is 15. The first kappa shape index (κ1) is 33.4. The third-order valence-corrected chi connectivity index (χ3v) is 8.49. The number of nitrogens with one attached hydrogen (secondary N) is 2. The summed E-state index contributed by atoms with van der Waals surface area (Å²) < 4.78 is 21.3. The third-order valence-electron chi connectivity index (χ3n) is 7.48. The number of nitrogens with zero attached hydrogens (tertiary/aromatic N) is 4. The van der Waals surface area contributed by atoms with Crippen LogP contribution in [0, 0.1) is 5.82 Å². The van der Waals surface area contributed by atoms with E-state index in [4.69, 9.17) is 33.5 Å². The number of aryl methyl sites for hydroxylation is 1. The van der Waals surface area contributed by atoms with Crippen LogP contribution in [0.25, 0.3) is 17.5 Å². The Balaban J connectivity index is 1.27. The molecule has 244 valence electrons. The molecule has 2 aromatic carbocycles. The van der Waals surface area contributed by atoms with Crippen molar-refractivity contribution in [3.05, 3.63) is 86.7 Å². The molecule has 0 amide bonds. The number of anilines is 2. The van der Waals surface area contributed by atoms with Crippen molar-refractivity contribution in [3.8, 4) is 11.3 Å². The fourth-order valence-corrected chi connectivity index (χ4v) is 5.88. The van der Waals surface area contributed by atoms with Crippen molar-refractivity contribution in [3.63, 3.8) is 0 Å². The van der Waals surface area contributed by atoms with E-state index in [1.807, 2.05) is 42.6 Å². The third kappa shape index (κ3) is 8.83. The Bertz CT molecular complexity index is 1740. The number of benzene rings is 2. The van der Waals surface area contributed by atoms with Crippen LogP contribution in [-0.4, -0.2) is 52.6 Å².